The zero-order valence-corrected chi connectivity index (χ0v) is 11.6. The van der Waals surface area contributed by atoms with E-state index in [9.17, 15) is 13.6 Å². The van der Waals surface area contributed by atoms with E-state index in [2.05, 4.69) is 4.98 Å². The van der Waals surface area contributed by atoms with E-state index in [0.29, 0.717) is 12.2 Å². The summed E-state index contributed by atoms with van der Waals surface area (Å²) in [5, 5.41) is 0. The number of alkyl halides is 2. The molecule has 0 bridgehead atoms. The molecule has 2 rings (SSSR count). The molecule has 4 nitrogen and oxygen atoms in total. The van der Waals surface area contributed by atoms with Crippen molar-refractivity contribution in [3.63, 3.8) is 0 Å². The minimum absolute atomic E-state index is 0.106. The molecule has 0 aliphatic rings. The number of amides is 1. The van der Waals surface area contributed by atoms with Gasteiger partial charge in [-0.1, -0.05) is 37.3 Å². The summed E-state index contributed by atoms with van der Waals surface area (Å²) in [6.07, 6.45) is -0.959. The minimum atomic E-state index is -2.60. The van der Waals surface area contributed by atoms with Crippen LogP contribution in [0.15, 0.2) is 41.1 Å². The topological polar surface area (TPSA) is 46.3 Å². The monoisotopic (exact) mass is 294 g/mol. The van der Waals surface area contributed by atoms with Crippen molar-refractivity contribution in [2.45, 2.75) is 26.3 Å². The average molecular weight is 294 g/mol. The van der Waals surface area contributed by atoms with E-state index in [0.717, 1.165) is 16.9 Å². The molecule has 0 spiro atoms. The van der Waals surface area contributed by atoms with Gasteiger partial charge >= 0.3 is 0 Å². The molecular weight excluding hydrogens is 278 g/mol. The Hall–Kier alpha value is -2.24. The van der Waals surface area contributed by atoms with E-state index in [1.165, 1.54) is 0 Å². The standard InChI is InChI=1S/C15H16F2N2O2/c1-2-12-14(18-10-21-12)15(20)19(9-13(16)17)8-11-6-4-3-5-7-11/h3-7,10,13H,2,8-9H2,1H3. The Labute approximate surface area is 121 Å². The lowest BCUT2D eigenvalue weighted by Crippen LogP contribution is -2.35. The fourth-order valence-electron chi connectivity index (χ4n) is 2.04. The van der Waals surface area contributed by atoms with Crippen LogP contribution in [0.1, 0.15) is 28.7 Å². The van der Waals surface area contributed by atoms with Gasteiger partial charge in [-0.15, -0.1) is 0 Å². The van der Waals surface area contributed by atoms with Crippen molar-refractivity contribution in [1.29, 1.82) is 0 Å². The van der Waals surface area contributed by atoms with E-state index < -0.39 is 18.9 Å². The van der Waals surface area contributed by atoms with Crippen molar-refractivity contribution in [1.82, 2.24) is 9.88 Å². The third-order valence-corrected chi connectivity index (χ3v) is 3.03. The number of hydrogen-bond donors (Lipinski definition) is 0. The minimum Gasteiger partial charge on any atom is -0.448 e. The summed E-state index contributed by atoms with van der Waals surface area (Å²) in [6.45, 7) is 1.29. The number of benzene rings is 1. The first-order valence-corrected chi connectivity index (χ1v) is 6.65. The van der Waals surface area contributed by atoms with Crippen LogP contribution in [0, 0.1) is 0 Å². The number of aryl methyl sites for hydroxylation is 1. The second-order valence-electron chi connectivity index (χ2n) is 4.54. The van der Waals surface area contributed by atoms with Crippen LogP contribution in [0.2, 0.25) is 0 Å². The summed E-state index contributed by atoms with van der Waals surface area (Å²) in [7, 11) is 0. The lowest BCUT2D eigenvalue weighted by molar-refractivity contribution is 0.0528. The van der Waals surface area contributed by atoms with Crippen molar-refractivity contribution in [2.24, 2.45) is 0 Å². The third-order valence-electron chi connectivity index (χ3n) is 3.03. The lowest BCUT2D eigenvalue weighted by Gasteiger charge is -2.21. The Morgan fingerprint density at radius 1 is 1.33 bits per heavy atom. The third kappa shape index (κ3) is 3.87. The first kappa shape index (κ1) is 15.2. The highest BCUT2D eigenvalue weighted by Crippen LogP contribution is 2.15. The summed E-state index contributed by atoms with van der Waals surface area (Å²) in [5.74, 6) is -0.128. The highest BCUT2D eigenvalue weighted by molar-refractivity contribution is 5.93. The van der Waals surface area contributed by atoms with Crippen LogP contribution in [0.5, 0.6) is 0 Å². The first-order chi connectivity index (χ1) is 10.1. The summed E-state index contributed by atoms with van der Waals surface area (Å²) in [4.78, 5) is 17.3. The number of rotatable bonds is 6. The van der Waals surface area contributed by atoms with Gasteiger partial charge < -0.3 is 9.32 Å². The second-order valence-corrected chi connectivity index (χ2v) is 4.54. The molecule has 1 aromatic heterocycles. The van der Waals surface area contributed by atoms with E-state index >= 15 is 0 Å². The molecule has 1 heterocycles. The fourth-order valence-corrected chi connectivity index (χ4v) is 2.04. The summed E-state index contributed by atoms with van der Waals surface area (Å²) >= 11 is 0. The van der Waals surface area contributed by atoms with Gasteiger partial charge in [0, 0.05) is 13.0 Å². The predicted molar refractivity (Wildman–Crippen MR) is 73.1 cm³/mol. The molecular formula is C15H16F2N2O2. The maximum absolute atomic E-state index is 12.7. The molecule has 1 aromatic carbocycles. The van der Waals surface area contributed by atoms with Gasteiger partial charge in [-0.3, -0.25) is 4.79 Å². The number of nitrogens with zero attached hydrogens (tertiary/aromatic N) is 2. The van der Waals surface area contributed by atoms with Gasteiger partial charge in [0.25, 0.3) is 12.3 Å². The summed E-state index contributed by atoms with van der Waals surface area (Å²) in [5.41, 5.74) is 0.891. The van der Waals surface area contributed by atoms with Crippen molar-refractivity contribution in [2.75, 3.05) is 6.54 Å². The number of hydrogen-bond acceptors (Lipinski definition) is 3. The van der Waals surface area contributed by atoms with E-state index in [1.54, 1.807) is 24.3 Å². The molecule has 0 saturated heterocycles. The van der Waals surface area contributed by atoms with Crippen LogP contribution in [0.3, 0.4) is 0 Å². The van der Waals surface area contributed by atoms with Gasteiger partial charge in [-0.2, -0.15) is 0 Å². The molecule has 0 unspecified atom stereocenters. The Morgan fingerprint density at radius 3 is 2.67 bits per heavy atom. The molecule has 0 radical (unpaired) electrons. The maximum Gasteiger partial charge on any atom is 0.276 e. The van der Waals surface area contributed by atoms with Crippen LogP contribution in [0.25, 0.3) is 0 Å². The number of oxazole rings is 1. The van der Waals surface area contributed by atoms with Crippen LogP contribution in [0.4, 0.5) is 8.78 Å². The average Bonchev–Trinajstić information content (AvgIpc) is 2.95. The molecule has 21 heavy (non-hydrogen) atoms. The van der Waals surface area contributed by atoms with Crippen LogP contribution in [-0.2, 0) is 13.0 Å². The first-order valence-electron chi connectivity index (χ1n) is 6.65. The Balaban J connectivity index is 2.21. The van der Waals surface area contributed by atoms with Crippen molar-refractivity contribution >= 4 is 5.91 Å². The SMILES string of the molecule is CCc1ocnc1C(=O)N(Cc1ccccc1)CC(F)F. The summed E-state index contributed by atoms with van der Waals surface area (Å²) in [6, 6.07) is 9.00. The smallest absolute Gasteiger partial charge is 0.276 e. The highest BCUT2D eigenvalue weighted by Gasteiger charge is 2.24. The molecule has 0 fully saturated rings. The number of carbonyl (C=O) groups is 1. The van der Waals surface area contributed by atoms with Crippen molar-refractivity contribution in [3.05, 3.63) is 53.7 Å². The van der Waals surface area contributed by atoms with Gasteiger partial charge in [0.05, 0.1) is 6.54 Å². The second kappa shape index (κ2) is 6.97. The van der Waals surface area contributed by atoms with E-state index in [4.69, 9.17) is 4.42 Å². The number of halogens is 2. The van der Waals surface area contributed by atoms with Gasteiger partial charge in [0.15, 0.2) is 12.1 Å². The molecule has 112 valence electrons. The molecule has 2 aromatic rings. The fraction of sp³-hybridized carbons (Fsp3) is 0.333. The Bertz CT molecular complexity index is 584. The zero-order chi connectivity index (χ0) is 15.2. The Morgan fingerprint density at radius 2 is 2.05 bits per heavy atom. The van der Waals surface area contributed by atoms with Crippen molar-refractivity contribution < 1.29 is 18.0 Å². The molecule has 6 heteroatoms. The molecule has 0 aliphatic carbocycles. The zero-order valence-electron chi connectivity index (χ0n) is 11.6. The van der Waals surface area contributed by atoms with E-state index in [-0.39, 0.29) is 12.2 Å². The van der Waals surface area contributed by atoms with E-state index in [1.807, 2.05) is 13.0 Å². The predicted octanol–water partition coefficient (Wildman–Crippen LogP) is 3.14. The summed E-state index contributed by atoms with van der Waals surface area (Å²) < 4.78 is 30.6. The highest BCUT2D eigenvalue weighted by atomic mass is 19.3. The normalized spacial score (nSPS) is 10.9. The van der Waals surface area contributed by atoms with Gasteiger partial charge in [0.1, 0.15) is 5.76 Å². The number of aromatic nitrogens is 1. The van der Waals surface area contributed by atoms with Gasteiger partial charge in [-0.05, 0) is 5.56 Å². The molecule has 0 aliphatic heterocycles. The quantitative estimate of drug-likeness (QED) is 0.822. The molecule has 0 N–H and O–H groups in total. The largest absolute Gasteiger partial charge is 0.448 e. The van der Waals surface area contributed by atoms with Crippen LogP contribution < -0.4 is 0 Å². The number of carbonyl (C=O) groups excluding carboxylic acids is 1. The van der Waals surface area contributed by atoms with Crippen molar-refractivity contribution in [3.8, 4) is 0 Å². The Kier molecular flexibility index (Phi) is 5.03. The van der Waals surface area contributed by atoms with Crippen LogP contribution in [-0.4, -0.2) is 28.8 Å². The molecule has 0 atom stereocenters. The lowest BCUT2D eigenvalue weighted by atomic mass is 10.2. The van der Waals surface area contributed by atoms with Gasteiger partial charge in [-0.25, -0.2) is 13.8 Å². The van der Waals surface area contributed by atoms with Gasteiger partial charge in [0.2, 0.25) is 0 Å². The molecule has 0 saturated carbocycles. The molecule has 1 amide bonds. The van der Waals surface area contributed by atoms with Crippen LogP contribution >= 0.6 is 0 Å². The maximum atomic E-state index is 12.7.